The van der Waals surface area contributed by atoms with E-state index in [0.29, 0.717) is 41.8 Å². The number of nitrogens with one attached hydrogen (secondary N) is 1. The van der Waals surface area contributed by atoms with Crippen LogP contribution in [-0.4, -0.2) is 70.5 Å². The van der Waals surface area contributed by atoms with Crippen molar-refractivity contribution < 1.29 is 34.4 Å². The fraction of sp³-hybridized carbons (Fsp3) is 0.429. The molecule has 12 heteroatoms. The molecule has 1 aliphatic rings. The largest absolute Gasteiger partial charge is 0.493 e. The van der Waals surface area contributed by atoms with Gasteiger partial charge in [-0.25, -0.2) is 0 Å². The number of nitrogens with zero attached hydrogens (tertiary/aromatic N) is 1. The molecule has 0 radical (unpaired) electrons. The number of ether oxygens (including phenoxy) is 2. The van der Waals surface area contributed by atoms with Gasteiger partial charge in [0.1, 0.15) is 12.2 Å². The third kappa shape index (κ3) is 7.80. The first-order valence-corrected chi connectivity index (χ1v) is 14.5. The lowest BCUT2D eigenvalue weighted by atomic mass is 9.87. The molecule has 0 aliphatic heterocycles. The SMILES string of the molecule is COc1cc(CO)cc(I)c1O[C@H]1C=C(C(=O)NCCO)C[C@@H](N(Cc2ccc(Cl)cc2Cl)C(=O)C(C)C)[C@@H]1O. The van der Waals surface area contributed by atoms with Crippen LogP contribution in [0, 0.1) is 9.49 Å². The Morgan fingerprint density at radius 1 is 1.20 bits per heavy atom. The summed E-state index contributed by atoms with van der Waals surface area (Å²) in [7, 11) is 1.46. The van der Waals surface area contributed by atoms with Crippen molar-refractivity contribution in [2.24, 2.45) is 5.92 Å². The zero-order chi connectivity index (χ0) is 29.6. The summed E-state index contributed by atoms with van der Waals surface area (Å²) in [6, 6.07) is 7.46. The lowest BCUT2D eigenvalue weighted by Gasteiger charge is -2.41. The molecule has 40 heavy (non-hydrogen) atoms. The predicted octanol–water partition coefficient (Wildman–Crippen LogP) is 3.70. The number of carbonyl (C=O) groups is 2. The van der Waals surface area contributed by atoms with E-state index in [9.17, 15) is 24.9 Å². The zero-order valence-corrected chi connectivity index (χ0v) is 26.0. The molecule has 3 atom stereocenters. The highest BCUT2D eigenvalue weighted by Gasteiger charge is 2.41. The number of hydrogen-bond acceptors (Lipinski definition) is 7. The molecule has 218 valence electrons. The van der Waals surface area contributed by atoms with Crippen LogP contribution < -0.4 is 14.8 Å². The number of carbonyl (C=O) groups excluding carboxylic acids is 2. The van der Waals surface area contributed by atoms with Crippen molar-refractivity contribution in [3.8, 4) is 11.5 Å². The number of aliphatic hydroxyl groups excluding tert-OH is 3. The van der Waals surface area contributed by atoms with Gasteiger partial charge in [-0.15, -0.1) is 0 Å². The quantitative estimate of drug-likeness (QED) is 0.263. The van der Waals surface area contributed by atoms with Crippen molar-refractivity contribution in [1.82, 2.24) is 10.2 Å². The summed E-state index contributed by atoms with van der Waals surface area (Å²) >= 11 is 14.6. The van der Waals surface area contributed by atoms with Crippen LogP contribution in [-0.2, 0) is 22.7 Å². The summed E-state index contributed by atoms with van der Waals surface area (Å²) < 4.78 is 12.4. The van der Waals surface area contributed by atoms with Gasteiger partial charge >= 0.3 is 0 Å². The Morgan fingerprint density at radius 2 is 1.93 bits per heavy atom. The summed E-state index contributed by atoms with van der Waals surface area (Å²) in [5.74, 6) is -0.447. The van der Waals surface area contributed by atoms with Crippen LogP contribution in [0.5, 0.6) is 11.5 Å². The number of rotatable bonds is 11. The molecule has 2 amide bonds. The van der Waals surface area contributed by atoms with E-state index in [1.165, 1.54) is 18.1 Å². The topological polar surface area (TPSA) is 129 Å². The van der Waals surface area contributed by atoms with Crippen LogP contribution in [0.15, 0.2) is 42.0 Å². The molecular formula is C28H33Cl2IN2O7. The standard InChI is InChI=1S/C28H33Cl2IN2O7/c1-15(2)28(38)33(13-17-4-5-19(29)12-20(17)30)22-10-18(27(37)32-6-7-34)11-23(25(22)36)40-26-21(31)8-16(14-35)9-24(26)39-3/h4-5,8-9,11-12,15,22-23,25,34-36H,6-7,10,13-14H2,1-3H3,(H,32,37)/t22-,23+,25+/m1/s1. The van der Waals surface area contributed by atoms with Crippen LogP contribution in [0.1, 0.15) is 31.4 Å². The van der Waals surface area contributed by atoms with Gasteiger partial charge in [0.05, 0.1) is 29.9 Å². The average molecular weight is 707 g/mol. The molecule has 0 saturated heterocycles. The Kier molecular flexibility index (Phi) is 11.9. The molecule has 4 N–H and O–H groups in total. The van der Waals surface area contributed by atoms with Crippen LogP contribution in [0.2, 0.25) is 10.0 Å². The Morgan fingerprint density at radius 3 is 2.52 bits per heavy atom. The summed E-state index contributed by atoms with van der Waals surface area (Å²) in [6.07, 6.45) is -0.712. The summed E-state index contributed by atoms with van der Waals surface area (Å²) in [4.78, 5) is 28.1. The maximum atomic E-state index is 13.5. The monoisotopic (exact) mass is 706 g/mol. The van der Waals surface area contributed by atoms with Gasteiger partial charge in [0, 0.05) is 41.0 Å². The zero-order valence-electron chi connectivity index (χ0n) is 22.4. The number of halogens is 3. The number of aliphatic hydroxyl groups is 3. The third-order valence-corrected chi connectivity index (χ3v) is 7.86. The number of methoxy groups -OCH3 is 1. The number of amides is 2. The lowest BCUT2D eigenvalue weighted by molar-refractivity contribution is -0.142. The normalized spacial score (nSPS) is 18.8. The van der Waals surface area contributed by atoms with Gasteiger partial charge in [-0.2, -0.15) is 0 Å². The second-order valence-electron chi connectivity index (χ2n) is 9.64. The van der Waals surface area contributed by atoms with E-state index in [1.807, 2.05) is 22.6 Å². The molecule has 1 aliphatic carbocycles. The second kappa shape index (κ2) is 14.7. The molecule has 0 fully saturated rings. The molecule has 3 rings (SSSR count). The average Bonchev–Trinajstić information content (AvgIpc) is 2.92. The van der Waals surface area contributed by atoms with Gasteiger partial charge in [-0.05, 0) is 64.1 Å². The Bertz CT molecular complexity index is 1260. The molecule has 9 nitrogen and oxygen atoms in total. The number of hydrogen-bond donors (Lipinski definition) is 4. The van der Waals surface area contributed by atoms with Crippen molar-refractivity contribution in [2.75, 3.05) is 20.3 Å². The first kappa shape index (κ1) is 32.4. The van der Waals surface area contributed by atoms with Crippen LogP contribution in [0.3, 0.4) is 0 Å². The Labute approximate surface area is 257 Å². The van der Waals surface area contributed by atoms with Crippen molar-refractivity contribution in [3.63, 3.8) is 0 Å². The van der Waals surface area contributed by atoms with E-state index in [4.69, 9.17) is 32.7 Å². The van der Waals surface area contributed by atoms with E-state index in [1.54, 1.807) is 44.2 Å². The van der Waals surface area contributed by atoms with E-state index in [-0.39, 0.29) is 38.6 Å². The van der Waals surface area contributed by atoms with Crippen molar-refractivity contribution in [3.05, 3.63) is 66.7 Å². The third-order valence-electron chi connectivity index (χ3n) is 6.47. The minimum absolute atomic E-state index is 0.0400. The van der Waals surface area contributed by atoms with Crippen LogP contribution in [0.25, 0.3) is 0 Å². The van der Waals surface area contributed by atoms with E-state index in [2.05, 4.69) is 5.32 Å². The molecule has 0 unspecified atom stereocenters. The molecule has 2 aromatic carbocycles. The molecule has 0 bridgehead atoms. The van der Waals surface area contributed by atoms with Gasteiger partial charge in [0.15, 0.2) is 11.5 Å². The highest BCUT2D eigenvalue weighted by Crippen LogP contribution is 2.37. The van der Waals surface area contributed by atoms with Gasteiger partial charge in [0.25, 0.3) is 0 Å². The summed E-state index contributed by atoms with van der Waals surface area (Å²) in [5, 5.41) is 33.9. The molecule has 0 heterocycles. The van der Waals surface area contributed by atoms with Gasteiger partial charge in [-0.1, -0.05) is 43.1 Å². The van der Waals surface area contributed by atoms with Gasteiger partial charge in [-0.3, -0.25) is 9.59 Å². The van der Waals surface area contributed by atoms with E-state index in [0.717, 1.165) is 0 Å². The summed E-state index contributed by atoms with van der Waals surface area (Å²) in [6.45, 7) is 3.17. The lowest BCUT2D eigenvalue weighted by Crippen LogP contribution is -2.55. The minimum atomic E-state index is -1.24. The molecular weight excluding hydrogens is 674 g/mol. The van der Waals surface area contributed by atoms with Crippen LogP contribution >= 0.6 is 45.8 Å². The minimum Gasteiger partial charge on any atom is -0.493 e. The Balaban J connectivity index is 2.06. The fourth-order valence-electron chi connectivity index (χ4n) is 4.42. The van der Waals surface area contributed by atoms with E-state index >= 15 is 0 Å². The molecule has 2 aromatic rings. The first-order chi connectivity index (χ1) is 19.0. The van der Waals surface area contributed by atoms with Gasteiger partial charge in [0.2, 0.25) is 11.8 Å². The summed E-state index contributed by atoms with van der Waals surface area (Å²) in [5.41, 5.74) is 1.53. The predicted molar refractivity (Wildman–Crippen MR) is 160 cm³/mol. The first-order valence-electron chi connectivity index (χ1n) is 12.7. The van der Waals surface area contributed by atoms with Crippen molar-refractivity contribution >= 4 is 57.6 Å². The molecule has 0 aromatic heterocycles. The second-order valence-corrected chi connectivity index (χ2v) is 11.6. The molecule has 0 spiro atoms. The van der Waals surface area contributed by atoms with Crippen molar-refractivity contribution in [2.45, 2.75) is 51.7 Å². The Hall–Kier alpha value is -2.09. The molecule has 0 saturated carbocycles. The van der Waals surface area contributed by atoms with Gasteiger partial charge < -0.3 is 35.0 Å². The smallest absolute Gasteiger partial charge is 0.247 e. The number of benzene rings is 2. The van der Waals surface area contributed by atoms with Crippen LogP contribution in [0.4, 0.5) is 0 Å². The highest BCUT2D eigenvalue weighted by atomic mass is 127. The maximum absolute atomic E-state index is 13.5. The highest BCUT2D eigenvalue weighted by molar-refractivity contribution is 14.1. The van der Waals surface area contributed by atoms with E-state index < -0.39 is 30.1 Å². The fourth-order valence-corrected chi connectivity index (χ4v) is 5.68. The maximum Gasteiger partial charge on any atom is 0.247 e. The van der Waals surface area contributed by atoms with Crippen molar-refractivity contribution in [1.29, 1.82) is 0 Å².